The van der Waals surface area contributed by atoms with Crippen molar-refractivity contribution < 1.29 is 320 Å². The van der Waals surface area contributed by atoms with Gasteiger partial charge in [0.25, 0.3) is 0 Å². The Labute approximate surface area is 680 Å². The van der Waals surface area contributed by atoms with Gasteiger partial charge in [-0.3, -0.25) is 0 Å². The molecule has 44 heteroatoms. The molecule has 0 bridgehead atoms. The molecule has 0 heterocycles. The normalized spacial score (nSPS) is 8.15. The number of carboxylic acid groups (broad SMARTS) is 12. The number of aromatic carboxylic acids is 12. The summed E-state index contributed by atoms with van der Waals surface area (Å²) in [6, 6.07) is 20.6. The molecule has 0 radical (unpaired) electrons. The second-order valence-electron chi connectivity index (χ2n) is 13.6. The molecule has 6 rings (SSSR count). The Bertz CT molecular complexity index is 2850. The zero-order chi connectivity index (χ0) is 60.0. The van der Waals surface area contributed by atoms with Gasteiger partial charge in [0.05, 0.1) is 71.6 Å². The smallest absolute Gasteiger partial charge is 2.00 e. The van der Waals surface area contributed by atoms with Gasteiger partial charge in [0.2, 0.25) is 0 Å². The van der Waals surface area contributed by atoms with Crippen molar-refractivity contribution in [1.82, 2.24) is 0 Å². The first-order chi connectivity index (χ1) is 36.1. The van der Waals surface area contributed by atoms with Gasteiger partial charge in [-0.2, -0.15) is 0 Å². The van der Waals surface area contributed by atoms with Gasteiger partial charge in [-0.15, -0.1) is 0 Å². The first kappa shape index (κ1) is 122. The molecule has 0 atom stereocenters. The molecule has 0 aliphatic heterocycles. The summed E-state index contributed by atoms with van der Waals surface area (Å²) >= 11 is 17.4. The van der Waals surface area contributed by atoms with Crippen LogP contribution < -0.4 is 61.3 Å². The maximum atomic E-state index is 10.4. The first-order valence-corrected chi connectivity index (χ1v) is 24.2. The molecule has 6 aromatic rings. The molecule has 0 fully saturated rings. The quantitative estimate of drug-likeness (QED) is 0.110. The number of carbonyl (C=O) groups is 12. The van der Waals surface area contributed by atoms with E-state index in [1.807, 2.05) is 0 Å². The molecule has 32 nitrogen and oxygen atoms in total. The summed E-state index contributed by atoms with van der Waals surface area (Å²) in [6.07, 6.45) is 0. The van der Waals surface area contributed by atoms with E-state index in [0.717, 1.165) is 109 Å². The standard InChI is InChI=1S/6C8H5BrO4.4H2O.4O.6Zr/c6*9-6-3-4(7(10)11)1-2-5(6)8(12)13;;;;;;;;;;;;;;/h6*1-3H,(H,10,11)(H,12,13);4*1H2;;;;;;;;;;/q;;;;;;;;;;4*-2;6*+4/p-16. The van der Waals surface area contributed by atoms with Crippen molar-refractivity contribution in [2.24, 2.45) is 0 Å². The molecule has 472 valence electrons. The summed E-state index contributed by atoms with van der Waals surface area (Å²) < 4.78 is 0.968. The van der Waals surface area contributed by atoms with Crippen LogP contribution in [0.2, 0.25) is 0 Å². The Hall–Kier alpha value is -3.18. The minimum absolute atomic E-state index is 0. The van der Waals surface area contributed by atoms with Gasteiger partial charge in [-0.1, -0.05) is 168 Å². The number of carbonyl (C=O) groups excluding carboxylic acids is 12. The monoisotopic (exact) mass is 2120 g/mol. The van der Waals surface area contributed by atoms with E-state index >= 15 is 0 Å². The van der Waals surface area contributed by atoms with Crippen LogP contribution in [-0.2, 0) is 179 Å². The van der Waals surface area contributed by atoms with E-state index in [-0.39, 0.29) is 295 Å². The third-order valence-corrected chi connectivity index (χ3v) is 12.5. The number of hydrogen-bond donors (Lipinski definition) is 0. The van der Waals surface area contributed by atoms with E-state index in [0.29, 0.717) is 0 Å². The Balaban J connectivity index is -0.0000000642. The number of rotatable bonds is 12. The van der Waals surface area contributed by atoms with Gasteiger partial charge in [-0.05, 0) is 69.8 Å². The van der Waals surface area contributed by atoms with E-state index in [9.17, 15) is 119 Å². The summed E-state index contributed by atoms with van der Waals surface area (Å²) in [5.74, 6) is -16.3. The minimum atomic E-state index is -1.36. The van der Waals surface area contributed by atoms with Crippen LogP contribution in [0, 0.1) is 0 Å². The van der Waals surface area contributed by atoms with Crippen LogP contribution in [0.4, 0.5) is 0 Å². The molecule has 92 heavy (non-hydrogen) atoms. The molecule has 0 amide bonds. The Morgan fingerprint density at radius 1 is 0.196 bits per heavy atom. The molecule has 0 aliphatic rings. The molecule has 0 spiro atoms. The fourth-order valence-electron chi connectivity index (χ4n) is 4.85. The van der Waals surface area contributed by atoms with Crippen molar-refractivity contribution in [3.63, 3.8) is 0 Å². The Kier molecular flexibility index (Phi) is 80.1. The summed E-state index contributed by atoms with van der Waals surface area (Å²) in [4.78, 5) is 124. The molecule has 6 aromatic carbocycles. The van der Waals surface area contributed by atoms with Crippen molar-refractivity contribution >= 4 is 167 Å². The van der Waals surface area contributed by atoms with Crippen molar-refractivity contribution in [3.8, 4) is 0 Å². The molecule has 0 saturated carbocycles. The fourth-order valence-corrected chi connectivity index (χ4v) is 8.09. The van der Waals surface area contributed by atoms with Gasteiger partial charge in [-0.25, -0.2) is 0 Å². The first-order valence-electron chi connectivity index (χ1n) is 19.5. The van der Waals surface area contributed by atoms with Crippen LogP contribution in [0.1, 0.15) is 124 Å². The van der Waals surface area contributed by atoms with Crippen molar-refractivity contribution in [2.75, 3.05) is 0 Å². The van der Waals surface area contributed by atoms with E-state index in [1.54, 1.807) is 0 Å². The summed E-state index contributed by atoms with van der Waals surface area (Å²) in [7, 11) is 0. The van der Waals surface area contributed by atoms with Crippen LogP contribution in [0.25, 0.3) is 0 Å². The van der Waals surface area contributed by atoms with E-state index < -0.39 is 71.6 Å². The summed E-state index contributed by atoms with van der Waals surface area (Å²) in [5, 5.41) is 124. The fraction of sp³-hybridized carbons (Fsp3) is 0. The SMILES string of the molecule is O=C([O-])c1ccc(C(=O)[O-])c(Br)c1.O=C([O-])c1ccc(C(=O)[O-])c(Br)c1.O=C([O-])c1ccc(C(=O)[O-])c(Br)c1.O=C([O-])c1ccc(C(=O)[O-])c(Br)c1.O=C([O-])c1ccc(C(=O)[O-])c(Br)c1.O=C([O-])c1ccc(C(=O)[O-])c(Br)c1.[O-2].[O-2].[O-2].[O-2].[OH-].[OH-].[OH-].[OH-].[Zr+4].[Zr+4].[Zr+4].[Zr+4].[Zr+4].[Zr+4]. The van der Waals surface area contributed by atoms with E-state index in [4.69, 9.17) is 0 Å². The van der Waals surface area contributed by atoms with Gasteiger partial charge in [0.15, 0.2) is 0 Å². The predicted octanol–water partition coefficient (Wildman–Crippen LogP) is -6.14. The van der Waals surface area contributed by atoms with E-state index in [1.165, 1.54) is 0 Å². The number of halogens is 6. The molecule has 0 saturated heterocycles. The van der Waals surface area contributed by atoms with Crippen molar-refractivity contribution in [3.05, 3.63) is 203 Å². The van der Waals surface area contributed by atoms with Crippen LogP contribution in [0.5, 0.6) is 0 Å². The molecular formula is C48H22Br6O32Zr6. The molecule has 0 aromatic heterocycles. The molecule has 0 aliphatic carbocycles. The molecule has 0 unspecified atom stereocenters. The number of carboxylic acids is 12. The Morgan fingerprint density at radius 3 is 0.337 bits per heavy atom. The van der Waals surface area contributed by atoms with Crippen LogP contribution >= 0.6 is 95.6 Å². The van der Waals surface area contributed by atoms with Crippen LogP contribution in [0.15, 0.2) is 136 Å². The Morgan fingerprint density at radius 2 is 0.283 bits per heavy atom. The van der Waals surface area contributed by atoms with E-state index in [2.05, 4.69) is 95.6 Å². The second kappa shape index (κ2) is 60.2. The maximum absolute atomic E-state index is 10.4. The maximum Gasteiger partial charge on any atom is 4.00 e. The van der Waals surface area contributed by atoms with Crippen LogP contribution in [0.3, 0.4) is 0 Å². The average molecular weight is 2140 g/mol. The summed E-state index contributed by atoms with van der Waals surface area (Å²) in [6.45, 7) is 0. The van der Waals surface area contributed by atoms with Crippen LogP contribution in [-0.4, -0.2) is 93.5 Å². The predicted molar refractivity (Wildman–Crippen MR) is 267 cm³/mol. The number of benzene rings is 6. The van der Waals surface area contributed by atoms with Gasteiger partial charge < -0.3 is 163 Å². The van der Waals surface area contributed by atoms with Crippen molar-refractivity contribution in [2.45, 2.75) is 0 Å². The third-order valence-electron chi connectivity index (χ3n) is 8.55. The minimum Gasteiger partial charge on any atom is -2.00 e. The van der Waals surface area contributed by atoms with Gasteiger partial charge >= 0.3 is 157 Å². The summed E-state index contributed by atoms with van der Waals surface area (Å²) in [5.41, 5.74) is -1.07. The average Bonchev–Trinajstić information content (AvgIpc) is 3.34. The zero-order valence-corrected chi connectivity index (χ0v) is 68.1. The zero-order valence-electron chi connectivity index (χ0n) is 43.9. The molecular weight excluding hydrogens is 2120 g/mol. The largest absolute Gasteiger partial charge is 4.00 e. The molecule has 4 N–H and O–H groups in total. The van der Waals surface area contributed by atoms with Crippen molar-refractivity contribution in [1.29, 1.82) is 0 Å². The van der Waals surface area contributed by atoms with Gasteiger partial charge in [0, 0.05) is 60.2 Å². The topological polar surface area (TPSA) is 716 Å². The number of hydrogen-bond acceptors (Lipinski definition) is 28. The second-order valence-corrected chi connectivity index (χ2v) is 18.7. The van der Waals surface area contributed by atoms with Gasteiger partial charge in [0.1, 0.15) is 0 Å². The third kappa shape index (κ3) is 42.4.